The van der Waals surface area contributed by atoms with Crippen LogP contribution in [0.4, 0.5) is 0 Å². The number of piperidine rings is 1. The molecule has 0 radical (unpaired) electrons. The number of rotatable bonds is 3. The van der Waals surface area contributed by atoms with Crippen LogP contribution in [0.3, 0.4) is 0 Å². The van der Waals surface area contributed by atoms with Gasteiger partial charge >= 0.3 is 0 Å². The molecule has 1 aliphatic heterocycles. The lowest BCUT2D eigenvalue weighted by atomic mass is 9.77. The molecule has 1 atom stereocenters. The van der Waals surface area contributed by atoms with Crippen molar-refractivity contribution in [1.82, 2.24) is 9.29 Å². The molecule has 1 saturated heterocycles. The van der Waals surface area contributed by atoms with Gasteiger partial charge in [-0.15, -0.1) is 0 Å². The first kappa shape index (κ1) is 23.5. The van der Waals surface area contributed by atoms with E-state index in [4.69, 9.17) is 16.6 Å². The zero-order chi connectivity index (χ0) is 23.2. The Morgan fingerprint density at radius 2 is 1.67 bits per heavy atom. The molecular weight excluding hydrogens is 588 g/mol. The molecule has 2 heterocycles. The summed E-state index contributed by atoms with van der Waals surface area (Å²) in [6.07, 6.45) is 5.23. The molecule has 4 nitrogen and oxygen atoms in total. The highest BCUT2D eigenvalue weighted by molar-refractivity contribution is 9.10. The van der Waals surface area contributed by atoms with Gasteiger partial charge in [0.2, 0.25) is 10.0 Å². The average molecular weight is 611 g/mol. The fourth-order valence-corrected chi connectivity index (χ4v) is 8.21. The Morgan fingerprint density at radius 3 is 2.39 bits per heavy atom. The van der Waals surface area contributed by atoms with Crippen LogP contribution in [-0.2, 0) is 22.9 Å². The maximum atomic E-state index is 13.1. The Bertz CT molecular complexity index is 1290. The van der Waals surface area contributed by atoms with E-state index < -0.39 is 10.0 Å². The van der Waals surface area contributed by atoms with Crippen LogP contribution in [0.25, 0.3) is 0 Å². The van der Waals surface area contributed by atoms with Gasteiger partial charge in [-0.1, -0.05) is 45.7 Å². The van der Waals surface area contributed by atoms with E-state index in [0.29, 0.717) is 18.0 Å². The van der Waals surface area contributed by atoms with Gasteiger partial charge in [-0.3, -0.25) is 4.98 Å². The van der Waals surface area contributed by atoms with Gasteiger partial charge in [-0.25, -0.2) is 8.42 Å². The highest BCUT2D eigenvalue weighted by Crippen LogP contribution is 2.46. The molecule has 1 aliphatic carbocycles. The lowest BCUT2D eigenvalue weighted by Gasteiger charge is -2.36. The minimum atomic E-state index is -3.48. The molecule has 1 unspecified atom stereocenters. The topological polar surface area (TPSA) is 50.3 Å². The van der Waals surface area contributed by atoms with Crippen molar-refractivity contribution in [2.45, 2.75) is 36.5 Å². The van der Waals surface area contributed by atoms with E-state index >= 15 is 0 Å². The first-order valence-electron chi connectivity index (χ1n) is 11.0. The van der Waals surface area contributed by atoms with Gasteiger partial charge < -0.3 is 0 Å². The number of hydrogen-bond acceptors (Lipinski definition) is 3. The molecule has 0 N–H and O–H groups in total. The molecule has 1 fully saturated rings. The highest BCUT2D eigenvalue weighted by atomic mass is 79.9. The third-order valence-electron chi connectivity index (χ3n) is 6.77. The van der Waals surface area contributed by atoms with Gasteiger partial charge in [0.05, 0.1) is 10.6 Å². The number of aromatic nitrogens is 1. The van der Waals surface area contributed by atoms with Crippen molar-refractivity contribution in [1.29, 1.82) is 0 Å². The molecule has 3 aromatic rings. The first-order chi connectivity index (χ1) is 15.8. The molecular formula is C25H23Br2ClN2O2S. The number of benzene rings is 2. The van der Waals surface area contributed by atoms with E-state index in [0.717, 1.165) is 45.3 Å². The number of pyridine rings is 1. The van der Waals surface area contributed by atoms with E-state index in [9.17, 15) is 8.42 Å². The first-order valence-corrected chi connectivity index (χ1v) is 14.4. The number of halogens is 3. The van der Waals surface area contributed by atoms with Crippen molar-refractivity contribution < 1.29 is 8.42 Å². The summed E-state index contributed by atoms with van der Waals surface area (Å²) in [6, 6.07) is 14.9. The summed E-state index contributed by atoms with van der Waals surface area (Å²) in [7, 11) is -3.48. The monoisotopic (exact) mass is 608 g/mol. The summed E-state index contributed by atoms with van der Waals surface area (Å²) < 4.78 is 29.9. The van der Waals surface area contributed by atoms with Crippen LogP contribution >= 0.6 is 43.5 Å². The number of aryl methyl sites for hydroxylation is 2. The van der Waals surface area contributed by atoms with Crippen molar-refractivity contribution in [3.05, 3.63) is 91.1 Å². The third kappa shape index (κ3) is 4.55. The maximum absolute atomic E-state index is 13.1. The van der Waals surface area contributed by atoms with Crippen molar-refractivity contribution in [2.75, 3.05) is 13.1 Å². The summed E-state index contributed by atoms with van der Waals surface area (Å²) in [5.74, 6) is 0.382. The van der Waals surface area contributed by atoms with E-state index in [1.54, 1.807) is 28.6 Å². The van der Waals surface area contributed by atoms with Crippen LogP contribution < -0.4 is 0 Å². The quantitative estimate of drug-likeness (QED) is 0.336. The standard InChI is InChI=1S/C25H23Br2ClN2O2S/c26-19-12-18-7-6-17-13-20(28)14-22(27)23(17)24(25(18)29-15-19)16-8-10-30(11-9-16)33(31,32)21-4-2-1-3-5-21/h1-5,12-16,24H,6-11H2. The smallest absolute Gasteiger partial charge is 0.243 e. The zero-order valence-corrected chi connectivity index (χ0v) is 22.6. The molecule has 33 heavy (non-hydrogen) atoms. The number of sulfonamides is 1. The molecule has 1 aromatic heterocycles. The van der Waals surface area contributed by atoms with Gasteiger partial charge in [0, 0.05) is 39.2 Å². The summed E-state index contributed by atoms with van der Waals surface area (Å²) in [5, 5.41) is 0.725. The second kappa shape index (κ2) is 9.42. The van der Waals surface area contributed by atoms with Gasteiger partial charge in [-0.2, -0.15) is 4.31 Å². The molecule has 0 spiro atoms. The van der Waals surface area contributed by atoms with Crippen molar-refractivity contribution in [3.8, 4) is 0 Å². The number of nitrogens with zero attached hydrogens (tertiary/aromatic N) is 2. The third-order valence-corrected chi connectivity index (χ3v) is 9.99. The van der Waals surface area contributed by atoms with Crippen LogP contribution in [0.5, 0.6) is 0 Å². The maximum Gasteiger partial charge on any atom is 0.243 e. The van der Waals surface area contributed by atoms with E-state index in [-0.39, 0.29) is 11.8 Å². The lowest BCUT2D eigenvalue weighted by molar-refractivity contribution is 0.254. The van der Waals surface area contributed by atoms with Crippen molar-refractivity contribution in [3.63, 3.8) is 0 Å². The average Bonchev–Trinajstić information content (AvgIpc) is 2.96. The van der Waals surface area contributed by atoms with Crippen LogP contribution in [0.1, 0.15) is 41.1 Å². The van der Waals surface area contributed by atoms with Crippen LogP contribution in [0.15, 0.2) is 68.6 Å². The normalized spacial score (nSPS) is 19.5. The highest BCUT2D eigenvalue weighted by Gasteiger charge is 2.38. The second-order valence-corrected chi connectivity index (χ2v) is 12.8. The predicted molar refractivity (Wildman–Crippen MR) is 138 cm³/mol. The van der Waals surface area contributed by atoms with Crippen molar-refractivity contribution >= 4 is 53.5 Å². The Hall–Kier alpha value is -1.25. The van der Waals surface area contributed by atoms with Gasteiger partial charge in [-0.05, 0) is 94.6 Å². The van der Waals surface area contributed by atoms with E-state index in [2.05, 4.69) is 44.0 Å². The summed E-state index contributed by atoms with van der Waals surface area (Å²) in [4.78, 5) is 5.24. The number of hydrogen-bond donors (Lipinski definition) is 0. The fraction of sp³-hybridized carbons (Fsp3) is 0.320. The predicted octanol–water partition coefficient (Wildman–Crippen LogP) is 6.59. The van der Waals surface area contributed by atoms with E-state index in [1.807, 2.05) is 18.3 Å². The van der Waals surface area contributed by atoms with Crippen LogP contribution in [0, 0.1) is 5.92 Å². The molecule has 172 valence electrons. The summed E-state index contributed by atoms with van der Waals surface area (Å²) in [6.45, 7) is 1.01. The van der Waals surface area contributed by atoms with E-state index in [1.165, 1.54) is 16.7 Å². The Kier molecular flexibility index (Phi) is 6.71. The van der Waals surface area contributed by atoms with Crippen molar-refractivity contribution in [2.24, 2.45) is 5.92 Å². The molecule has 2 aromatic carbocycles. The lowest BCUT2D eigenvalue weighted by Crippen LogP contribution is -2.40. The summed E-state index contributed by atoms with van der Waals surface area (Å²) in [5.41, 5.74) is 4.84. The Balaban J connectivity index is 1.50. The van der Waals surface area contributed by atoms with Gasteiger partial charge in [0.25, 0.3) is 0 Å². The molecule has 8 heteroatoms. The van der Waals surface area contributed by atoms with Gasteiger partial charge in [0.15, 0.2) is 0 Å². The van der Waals surface area contributed by atoms with Gasteiger partial charge in [0.1, 0.15) is 0 Å². The number of fused-ring (bicyclic) bond motifs is 2. The van der Waals surface area contributed by atoms with Crippen LogP contribution in [0.2, 0.25) is 5.02 Å². The minimum absolute atomic E-state index is 0.0961. The molecule has 2 aliphatic rings. The molecule has 5 rings (SSSR count). The Labute approximate surface area is 216 Å². The Morgan fingerprint density at radius 1 is 0.970 bits per heavy atom. The second-order valence-electron chi connectivity index (χ2n) is 8.69. The largest absolute Gasteiger partial charge is 0.259 e. The van der Waals surface area contributed by atoms with Crippen LogP contribution in [-0.4, -0.2) is 30.8 Å². The zero-order valence-electron chi connectivity index (χ0n) is 17.8. The molecule has 0 saturated carbocycles. The summed E-state index contributed by atoms with van der Waals surface area (Å²) >= 11 is 13.8. The molecule has 0 bridgehead atoms. The molecule has 0 amide bonds. The minimum Gasteiger partial charge on any atom is -0.259 e. The fourth-order valence-electron chi connectivity index (χ4n) is 5.22. The SMILES string of the molecule is O=S(=O)(c1ccccc1)N1CCC(C2c3ncc(Br)cc3CCc3cc(Cl)cc(Br)c32)CC1.